The largest absolute Gasteiger partial charge is 0.545 e. The van der Waals surface area contributed by atoms with Gasteiger partial charge < -0.3 is 9.90 Å². The number of hydrogen-bond acceptors (Lipinski definition) is 3. The summed E-state index contributed by atoms with van der Waals surface area (Å²) in [5.41, 5.74) is 0.0843. The third kappa shape index (κ3) is 2.27. The van der Waals surface area contributed by atoms with Crippen molar-refractivity contribution in [1.82, 2.24) is 0 Å². The normalized spacial score (nSPS) is 10.1. The lowest BCUT2D eigenvalue weighted by Crippen LogP contribution is -2.25. The molecule has 0 aromatic heterocycles. The first-order chi connectivity index (χ1) is 8.59. The van der Waals surface area contributed by atoms with Crippen LogP contribution >= 0.6 is 0 Å². The van der Waals surface area contributed by atoms with E-state index in [0.29, 0.717) is 0 Å². The molecule has 0 radical (unpaired) electrons. The zero-order valence-electron chi connectivity index (χ0n) is 9.22. The number of rotatable bonds is 3. The van der Waals surface area contributed by atoms with Crippen molar-refractivity contribution in [2.45, 2.75) is 0 Å². The fourth-order valence-electron chi connectivity index (χ4n) is 1.62. The molecule has 3 nitrogen and oxygen atoms in total. The molecule has 90 valence electrons. The SMILES string of the molecule is O=C([O-])c1ccccc1C(=O)c1ccc(F)cc1. The van der Waals surface area contributed by atoms with Crippen LogP contribution < -0.4 is 5.11 Å². The Hall–Kier alpha value is -2.49. The third-order valence-corrected chi connectivity index (χ3v) is 2.50. The number of carboxylic acids is 1. The second kappa shape index (κ2) is 4.79. The molecule has 0 amide bonds. The summed E-state index contributed by atoms with van der Waals surface area (Å²) in [6, 6.07) is 10.7. The lowest BCUT2D eigenvalue weighted by Gasteiger charge is -2.09. The smallest absolute Gasteiger partial charge is 0.193 e. The third-order valence-electron chi connectivity index (χ3n) is 2.50. The predicted molar refractivity (Wildman–Crippen MR) is 60.6 cm³/mol. The Morgan fingerprint density at radius 3 is 2.00 bits per heavy atom. The standard InChI is InChI=1S/C14H9FO3/c15-10-7-5-9(6-8-10)13(16)11-3-1-2-4-12(11)14(17)18/h1-8H,(H,17,18)/p-1. The Bertz CT molecular complexity index is 603. The molecule has 0 atom stereocenters. The van der Waals surface area contributed by atoms with E-state index >= 15 is 0 Å². The van der Waals surface area contributed by atoms with Gasteiger partial charge in [-0.25, -0.2) is 4.39 Å². The Morgan fingerprint density at radius 2 is 1.44 bits per heavy atom. The van der Waals surface area contributed by atoms with Gasteiger partial charge in [0.1, 0.15) is 5.82 Å². The molecule has 2 aromatic rings. The van der Waals surface area contributed by atoms with E-state index in [1.165, 1.54) is 30.3 Å². The summed E-state index contributed by atoms with van der Waals surface area (Å²) >= 11 is 0. The number of carboxylic acid groups (broad SMARTS) is 1. The second-order valence-electron chi connectivity index (χ2n) is 3.67. The van der Waals surface area contributed by atoms with Crippen LogP contribution in [0.15, 0.2) is 48.5 Å². The fourth-order valence-corrected chi connectivity index (χ4v) is 1.62. The first kappa shape index (κ1) is 12.0. The van der Waals surface area contributed by atoms with E-state index in [0.717, 1.165) is 12.1 Å². The first-order valence-electron chi connectivity index (χ1n) is 5.20. The summed E-state index contributed by atoms with van der Waals surface area (Å²) < 4.78 is 12.7. The molecule has 4 heteroatoms. The topological polar surface area (TPSA) is 57.2 Å². The van der Waals surface area contributed by atoms with Crippen LogP contribution in [0.1, 0.15) is 26.3 Å². The Kier molecular flexibility index (Phi) is 3.19. The molecule has 0 aliphatic heterocycles. The van der Waals surface area contributed by atoms with Gasteiger partial charge in [-0.2, -0.15) is 0 Å². The Labute approximate surface area is 103 Å². The summed E-state index contributed by atoms with van der Waals surface area (Å²) in [5, 5.41) is 10.9. The van der Waals surface area contributed by atoms with Crippen molar-refractivity contribution in [3.05, 3.63) is 71.0 Å². The number of halogens is 1. The van der Waals surface area contributed by atoms with E-state index in [1.54, 1.807) is 6.07 Å². The van der Waals surface area contributed by atoms with Gasteiger partial charge in [0, 0.05) is 16.7 Å². The molecule has 0 saturated heterocycles. The Balaban J connectivity index is 2.46. The number of carbonyl (C=O) groups is 2. The Morgan fingerprint density at radius 1 is 0.889 bits per heavy atom. The average molecular weight is 243 g/mol. The monoisotopic (exact) mass is 243 g/mol. The highest BCUT2D eigenvalue weighted by Crippen LogP contribution is 2.14. The maximum atomic E-state index is 12.7. The molecule has 18 heavy (non-hydrogen) atoms. The zero-order chi connectivity index (χ0) is 13.1. The molecular weight excluding hydrogens is 235 g/mol. The van der Waals surface area contributed by atoms with E-state index in [4.69, 9.17) is 0 Å². The molecule has 0 spiro atoms. The molecule has 0 fully saturated rings. The average Bonchev–Trinajstić information content (AvgIpc) is 2.39. The molecule has 2 aromatic carbocycles. The van der Waals surface area contributed by atoms with Crippen LogP contribution in [0, 0.1) is 5.82 Å². The minimum absolute atomic E-state index is 0.0316. The first-order valence-corrected chi connectivity index (χ1v) is 5.20. The molecule has 0 heterocycles. The fraction of sp³-hybridized carbons (Fsp3) is 0. The van der Waals surface area contributed by atoms with Gasteiger partial charge in [-0.3, -0.25) is 4.79 Å². The van der Waals surface area contributed by atoms with Crippen molar-refractivity contribution in [2.24, 2.45) is 0 Å². The van der Waals surface area contributed by atoms with Gasteiger partial charge in [-0.05, 0) is 24.3 Å². The quantitative estimate of drug-likeness (QED) is 0.766. The van der Waals surface area contributed by atoms with Crippen molar-refractivity contribution in [3.63, 3.8) is 0 Å². The van der Waals surface area contributed by atoms with Crippen LogP contribution in [0.2, 0.25) is 0 Å². The number of carbonyl (C=O) groups excluding carboxylic acids is 2. The second-order valence-corrected chi connectivity index (χ2v) is 3.67. The van der Waals surface area contributed by atoms with Crippen molar-refractivity contribution < 1.29 is 19.1 Å². The summed E-state index contributed by atoms with van der Waals surface area (Å²) in [7, 11) is 0. The highest BCUT2D eigenvalue weighted by molar-refractivity contribution is 6.13. The maximum absolute atomic E-state index is 12.7. The predicted octanol–water partition coefficient (Wildman–Crippen LogP) is 1.42. The molecule has 0 saturated carbocycles. The van der Waals surface area contributed by atoms with Crippen LogP contribution in [-0.4, -0.2) is 11.8 Å². The van der Waals surface area contributed by atoms with Gasteiger partial charge in [0.15, 0.2) is 5.78 Å². The maximum Gasteiger partial charge on any atom is 0.193 e. The van der Waals surface area contributed by atoms with Crippen LogP contribution in [-0.2, 0) is 0 Å². The van der Waals surface area contributed by atoms with Crippen molar-refractivity contribution in [1.29, 1.82) is 0 Å². The van der Waals surface area contributed by atoms with Gasteiger partial charge >= 0.3 is 0 Å². The van der Waals surface area contributed by atoms with E-state index in [1.807, 2.05) is 0 Å². The van der Waals surface area contributed by atoms with E-state index in [9.17, 15) is 19.1 Å². The van der Waals surface area contributed by atoms with Gasteiger partial charge in [0.2, 0.25) is 0 Å². The minimum Gasteiger partial charge on any atom is -0.545 e. The summed E-state index contributed by atoms with van der Waals surface area (Å²) in [5.74, 6) is -2.35. The number of benzene rings is 2. The molecule has 0 aliphatic carbocycles. The molecule has 2 rings (SSSR count). The van der Waals surface area contributed by atoms with Crippen LogP contribution in [0.5, 0.6) is 0 Å². The van der Waals surface area contributed by atoms with E-state index in [-0.39, 0.29) is 16.7 Å². The van der Waals surface area contributed by atoms with Gasteiger partial charge in [-0.15, -0.1) is 0 Å². The number of ketones is 1. The number of hydrogen-bond donors (Lipinski definition) is 0. The van der Waals surface area contributed by atoms with Crippen LogP contribution in [0.4, 0.5) is 4.39 Å². The van der Waals surface area contributed by atoms with Crippen LogP contribution in [0.25, 0.3) is 0 Å². The summed E-state index contributed by atoms with van der Waals surface area (Å²) in [4.78, 5) is 23.0. The summed E-state index contributed by atoms with van der Waals surface area (Å²) in [6.45, 7) is 0. The molecule has 0 bridgehead atoms. The minimum atomic E-state index is -1.42. The molecule has 0 aliphatic rings. The highest BCUT2D eigenvalue weighted by atomic mass is 19.1. The van der Waals surface area contributed by atoms with Gasteiger partial charge in [0.05, 0.1) is 5.97 Å². The van der Waals surface area contributed by atoms with Crippen molar-refractivity contribution in [2.75, 3.05) is 0 Å². The molecule has 0 N–H and O–H groups in total. The number of aromatic carboxylic acids is 1. The van der Waals surface area contributed by atoms with E-state index < -0.39 is 17.6 Å². The van der Waals surface area contributed by atoms with Gasteiger partial charge in [0.25, 0.3) is 0 Å². The lowest BCUT2D eigenvalue weighted by molar-refractivity contribution is -0.255. The zero-order valence-corrected chi connectivity index (χ0v) is 9.22. The molecular formula is C14H8FO3-. The molecule has 0 unspecified atom stereocenters. The lowest BCUT2D eigenvalue weighted by atomic mass is 9.98. The van der Waals surface area contributed by atoms with Crippen LogP contribution in [0.3, 0.4) is 0 Å². The van der Waals surface area contributed by atoms with E-state index in [2.05, 4.69) is 0 Å². The van der Waals surface area contributed by atoms with Gasteiger partial charge in [-0.1, -0.05) is 24.3 Å². The highest BCUT2D eigenvalue weighted by Gasteiger charge is 2.13. The summed E-state index contributed by atoms with van der Waals surface area (Å²) in [6.07, 6.45) is 0. The van der Waals surface area contributed by atoms with Crippen molar-refractivity contribution >= 4 is 11.8 Å². The van der Waals surface area contributed by atoms with Crippen molar-refractivity contribution in [3.8, 4) is 0 Å².